The van der Waals surface area contributed by atoms with Gasteiger partial charge in [0.05, 0.1) is 10.7 Å². The number of piperazine rings is 1. The van der Waals surface area contributed by atoms with Crippen LogP contribution in [0.5, 0.6) is 0 Å². The second kappa shape index (κ2) is 9.34. The lowest BCUT2D eigenvalue weighted by Crippen LogP contribution is -2.43. The van der Waals surface area contributed by atoms with Crippen molar-refractivity contribution in [1.82, 2.24) is 9.29 Å². The van der Waals surface area contributed by atoms with Gasteiger partial charge in [-0.2, -0.15) is 4.98 Å². The summed E-state index contributed by atoms with van der Waals surface area (Å²) < 4.78 is 7.31. The van der Waals surface area contributed by atoms with Gasteiger partial charge in [0.25, 0.3) is 11.9 Å². The van der Waals surface area contributed by atoms with Gasteiger partial charge in [0.15, 0.2) is 5.69 Å². The molecule has 0 unspecified atom stereocenters. The zero-order chi connectivity index (χ0) is 19.2. The maximum absolute atomic E-state index is 12.3. The maximum atomic E-state index is 12.3. The number of carbonyl (C=O) groups is 1. The van der Waals surface area contributed by atoms with E-state index >= 15 is 0 Å². The standard InChI is InChI=1S/C18H24ClN5O2S/c1-2-3-10-27-24-8-6-23(7-9-24)13-4-5-14(19)15(11-13)21-17(25)16-12-26-18(20)22-16/h4-5,11-12H,2-3,6-10H2,1H3,(H2,20,22)(H,21,25). The summed E-state index contributed by atoms with van der Waals surface area (Å²) in [4.78, 5) is 18.4. The number of anilines is 3. The molecular formula is C18H24ClN5O2S. The minimum Gasteiger partial charge on any atom is -0.431 e. The number of hydrogen-bond donors (Lipinski definition) is 2. The van der Waals surface area contributed by atoms with Crippen molar-refractivity contribution in [2.24, 2.45) is 0 Å². The van der Waals surface area contributed by atoms with Crippen LogP contribution in [0.2, 0.25) is 5.02 Å². The second-order valence-electron chi connectivity index (χ2n) is 6.29. The number of amides is 1. The number of nitrogen functional groups attached to an aromatic ring is 1. The van der Waals surface area contributed by atoms with Gasteiger partial charge in [-0.15, -0.1) is 0 Å². The Kier molecular flexibility index (Phi) is 6.87. The van der Waals surface area contributed by atoms with Crippen molar-refractivity contribution in [1.29, 1.82) is 0 Å². The Morgan fingerprint density at radius 3 is 2.81 bits per heavy atom. The summed E-state index contributed by atoms with van der Waals surface area (Å²) in [6, 6.07) is 5.62. The normalized spacial score (nSPS) is 15.1. The summed E-state index contributed by atoms with van der Waals surface area (Å²) in [6.07, 6.45) is 3.70. The van der Waals surface area contributed by atoms with Gasteiger partial charge in [-0.25, -0.2) is 4.31 Å². The highest BCUT2D eigenvalue weighted by molar-refractivity contribution is 7.97. The first-order valence-corrected chi connectivity index (χ1v) is 10.3. The number of rotatable bonds is 7. The summed E-state index contributed by atoms with van der Waals surface area (Å²) in [7, 11) is 0. The van der Waals surface area contributed by atoms with Gasteiger partial charge in [-0.3, -0.25) is 4.79 Å². The number of nitrogens with zero attached hydrogens (tertiary/aromatic N) is 3. The van der Waals surface area contributed by atoms with Crippen molar-refractivity contribution in [2.45, 2.75) is 19.8 Å². The zero-order valence-corrected chi connectivity index (χ0v) is 16.9. The number of halogens is 1. The molecule has 0 radical (unpaired) electrons. The smallest absolute Gasteiger partial charge is 0.292 e. The van der Waals surface area contributed by atoms with Crippen LogP contribution < -0.4 is 16.0 Å². The highest BCUT2D eigenvalue weighted by Gasteiger charge is 2.19. The summed E-state index contributed by atoms with van der Waals surface area (Å²) >= 11 is 8.19. The molecule has 7 nitrogen and oxygen atoms in total. The fourth-order valence-corrected chi connectivity index (χ4v) is 4.06. The average Bonchev–Trinajstić information content (AvgIpc) is 3.11. The Hall–Kier alpha value is -1.90. The van der Waals surface area contributed by atoms with E-state index < -0.39 is 5.91 Å². The first-order valence-electron chi connectivity index (χ1n) is 9.01. The summed E-state index contributed by atoms with van der Waals surface area (Å²) in [5.41, 5.74) is 7.11. The molecule has 1 amide bonds. The van der Waals surface area contributed by atoms with Gasteiger partial charge in [0.1, 0.15) is 6.26 Å². The van der Waals surface area contributed by atoms with E-state index in [1.54, 1.807) is 6.07 Å². The predicted molar refractivity (Wildman–Crippen MR) is 111 cm³/mol. The molecule has 1 aliphatic heterocycles. The van der Waals surface area contributed by atoms with E-state index in [9.17, 15) is 4.79 Å². The Balaban J connectivity index is 1.61. The predicted octanol–water partition coefficient (Wildman–Crippen LogP) is 3.73. The van der Waals surface area contributed by atoms with Gasteiger partial charge in [0, 0.05) is 37.6 Å². The molecule has 3 rings (SSSR count). The van der Waals surface area contributed by atoms with E-state index in [-0.39, 0.29) is 11.7 Å². The van der Waals surface area contributed by atoms with Crippen LogP contribution in [0.4, 0.5) is 17.4 Å². The molecule has 1 saturated heterocycles. The van der Waals surface area contributed by atoms with E-state index in [0.29, 0.717) is 10.7 Å². The number of nitrogens with two attached hydrogens (primary N) is 1. The lowest BCUT2D eigenvalue weighted by molar-refractivity contribution is 0.102. The summed E-state index contributed by atoms with van der Waals surface area (Å²) in [5.74, 6) is 0.770. The van der Waals surface area contributed by atoms with Crippen LogP contribution in [0, 0.1) is 0 Å². The Morgan fingerprint density at radius 1 is 1.37 bits per heavy atom. The molecule has 2 heterocycles. The third-order valence-corrected chi connectivity index (χ3v) is 5.86. The van der Waals surface area contributed by atoms with Crippen LogP contribution in [0.1, 0.15) is 30.3 Å². The van der Waals surface area contributed by atoms with E-state index in [2.05, 4.69) is 26.4 Å². The molecule has 0 saturated carbocycles. The molecule has 0 spiro atoms. The first kappa shape index (κ1) is 19.9. The van der Waals surface area contributed by atoms with Gasteiger partial charge >= 0.3 is 0 Å². The van der Waals surface area contributed by atoms with Crippen LogP contribution in [0.15, 0.2) is 28.9 Å². The second-order valence-corrected chi connectivity index (χ2v) is 7.88. The molecule has 0 atom stereocenters. The number of unbranched alkanes of at least 4 members (excludes halogenated alkanes) is 1. The van der Waals surface area contributed by atoms with E-state index in [1.807, 2.05) is 24.1 Å². The number of aromatic nitrogens is 1. The number of carbonyl (C=O) groups excluding carboxylic acids is 1. The molecule has 9 heteroatoms. The van der Waals surface area contributed by atoms with Crippen LogP contribution in [-0.2, 0) is 0 Å². The minimum atomic E-state index is -0.411. The third kappa shape index (κ3) is 5.31. The number of nitrogens with one attached hydrogen (secondary N) is 1. The first-order chi connectivity index (χ1) is 13.1. The average molecular weight is 410 g/mol. The largest absolute Gasteiger partial charge is 0.431 e. The van der Waals surface area contributed by atoms with E-state index in [0.717, 1.165) is 31.9 Å². The van der Waals surface area contributed by atoms with Gasteiger partial charge in [-0.1, -0.05) is 36.9 Å². The molecule has 2 aromatic rings. The lowest BCUT2D eigenvalue weighted by atomic mass is 10.2. The van der Waals surface area contributed by atoms with Crippen molar-refractivity contribution in [3.8, 4) is 0 Å². The SMILES string of the molecule is CCCCSN1CCN(c2ccc(Cl)c(NC(=O)c3coc(N)n3)c2)CC1. The molecule has 1 aromatic heterocycles. The monoisotopic (exact) mass is 409 g/mol. The molecular weight excluding hydrogens is 386 g/mol. The third-order valence-electron chi connectivity index (χ3n) is 4.33. The number of benzene rings is 1. The summed E-state index contributed by atoms with van der Waals surface area (Å²) in [6.45, 7) is 6.11. The molecule has 1 aliphatic rings. The zero-order valence-electron chi connectivity index (χ0n) is 15.3. The Labute approximate surface area is 168 Å². The molecule has 0 aliphatic carbocycles. The summed E-state index contributed by atoms with van der Waals surface area (Å²) in [5, 5.41) is 3.24. The van der Waals surface area contributed by atoms with Crippen molar-refractivity contribution in [3.05, 3.63) is 35.2 Å². The van der Waals surface area contributed by atoms with E-state index in [4.69, 9.17) is 21.8 Å². The minimum absolute atomic E-state index is 0.0466. The van der Waals surface area contributed by atoms with Crippen LogP contribution in [0.25, 0.3) is 0 Å². The quantitative estimate of drug-likeness (QED) is 0.532. The maximum Gasteiger partial charge on any atom is 0.292 e. The van der Waals surface area contributed by atoms with Gasteiger partial charge in [0.2, 0.25) is 0 Å². The van der Waals surface area contributed by atoms with Crippen molar-refractivity contribution in [2.75, 3.05) is 47.9 Å². The van der Waals surface area contributed by atoms with Gasteiger partial charge in [-0.05, 0) is 24.6 Å². The van der Waals surface area contributed by atoms with Crippen LogP contribution >= 0.6 is 23.5 Å². The highest BCUT2D eigenvalue weighted by Crippen LogP contribution is 2.29. The van der Waals surface area contributed by atoms with Crippen molar-refractivity contribution < 1.29 is 9.21 Å². The molecule has 27 heavy (non-hydrogen) atoms. The van der Waals surface area contributed by atoms with Crippen LogP contribution in [0.3, 0.4) is 0 Å². The lowest BCUT2D eigenvalue weighted by Gasteiger charge is -2.35. The van der Waals surface area contributed by atoms with Crippen molar-refractivity contribution in [3.63, 3.8) is 0 Å². The molecule has 1 aromatic carbocycles. The Bertz CT molecular complexity index is 777. The fourth-order valence-electron chi connectivity index (χ4n) is 2.80. The fraction of sp³-hybridized carbons (Fsp3) is 0.444. The number of hydrogen-bond acceptors (Lipinski definition) is 7. The molecule has 146 valence electrons. The molecule has 3 N–H and O–H groups in total. The molecule has 1 fully saturated rings. The van der Waals surface area contributed by atoms with Crippen LogP contribution in [-0.4, -0.2) is 47.1 Å². The Morgan fingerprint density at radius 2 is 2.15 bits per heavy atom. The number of oxazole rings is 1. The van der Waals surface area contributed by atoms with Gasteiger partial charge < -0.3 is 20.4 Å². The van der Waals surface area contributed by atoms with E-state index in [1.165, 1.54) is 24.9 Å². The topological polar surface area (TPSA) is 87.6 Å². The highest BCUT2D eigenvalue weighted by atomic mass is 35.5. The van der Waals surface area contributed by atoms with Crippen molar-refractivity contribution >= 4 is 46.8 Å². The molecule has 0 bridgehead atoms.